The summed E-state index contributed by atoms with van der Waals surface area (Å²) in [6, 6.07) is 11.4. The third kappa shape index (κ3) is 2.44. The number of carbonyl (C=O) groups is 1. The van der Waals surface area contributed by atoms with Crippen LogP contribution >= 0.6 is 11.6 Å². The van der Waals surface area contributed by atoms with E-state index in [-0.39, 0.29) is 17.7 Å². The van der Waals surface area contributed by atoms with Gasteiger partial charge in [0.05, 0.1) is 5.52 Å². The number of halogens is 1. The van der Waals surface area contributed by atoms with Gasteiger partial charge in [-0.25, -0.2) is 4.98 Å². The van der Waals surface area contributed by atoms with Crippen molar-refractivity contribution in [2.45, 2.75) is 12.3 Å². The Morgan fingerprint density at radius 1 is 1.27 bits per heavy atom. The summed E-state index contributed by atoms with van der Waals surface area (Å²) in [5, 5.41) is 3.54. The SMILES string of the molecule is O=C(Nc1nc2ncccc2[nH]1)[C@@H]1C[C@@H]1c1ccc(Cl)cc1. The van der Waals surface area contributed by atoms with Crippen molar-refractivity contribution in [2.75, 3.05) is 5.32 Å². The maximum absolute atomic E-state index is 12.3. The molecule has 22 heavy (non-hydrogen) atoms. The average Bonchev–Trinajstić information content (AvgIpc) is 3.21. The molecule has 4 rings (SSSR count). The number of anilines is 1. The molecule has 1 aromatic carbocycles. The quantitative estimate of drug-likeness (QED) is 0.779. The first-order valence-corrected chi connectivity index (χ1v) is 7.45. The molecule has 0 spiro atoms. The Morgan fingerprint density at radius 3 is 2.86 bits per heavy atom. The minimum atomic E-state index is -0.0148. The van der Waals surface area contributed by atoms with E-state index >= 15 is 0 Å². The second-order valence-corrected chi connectivity index (χ2v) is 5.89. The molecule has 5 nitrogen and oxygen atoms in total. The summed E-state index contributed by atoms with van der Waals surface area (Å²) in [6.45, 7) is 0. The van der Waals surface area contributed by atoms with Gasteiger partial charge in [-0.3, -0.25) is 10.1 Å². The first kappa shape index (κ1) is 13.3. The molecule has 1 aliphatic rings. The van der Waals surface area contributed by atoms with Crippen LogP contribution in [0.5, 0.6) is 0 Å². The monoisotopic (exact) mass is 312 g/mol. The molecule has 0 radical (unpaired) electrons. The number of carbonyl (C=O) groups excluding carboxylic acids is 1. The third-order valence-electron chi connectivity index (χ3n) is 3.92. The predicted molar refractivity (Wildman–Crippen MR) is 84.8 cm³/mol. The second kappa shape index (κ2) is 5.10. The van der Waals surface area contributed by atoms with Crippen LogP contribution < -0.4 is 5.32 Å². The number of aromatic amines is 1. The number of nitrogens with one attached hydrogen (secondary N) is 2. The van der Waals surface area contributed by atoms with Gasteiger partial charge in [-0.1, -0.05) is 23.7 Å². The van der Waals surface area contributed by atoms with Crippen LogP contribution in [0.25, 0.3) is 11.2 Å². The summed E-state index contributed by atoms with van der Waals surface area (Å²) < 4.78 is 0. The van der Waals surface area contributed by atoms with Crippen LogP contribution in [-0.2, 0) is 4.79 Å². The van der Waals surface area contributed by atoms with Gasteiger partial charge in [0, 0.05) is 17.1 Å². The summed E-state index contributed by atoms with van der Waals surface area (Å²) in [7, 11) is 0. The van der Waals surface area contributed by atoms with Gasteiger partial charge >= 0.3 is 0 Å². The zero-order valence-corrected chi connectivity index (χ0v) is 12.3. The number of hydrogen-bond acceptors (Lipinski definition) is 3. The molecular formula is C16H13ClN4O. The van der Waals surface area contributed by atoms with E-state index in [1.807, 2.05) is 36.4 Å². The molecular weight excluding hydrogens is 300 g/mol. The van der Waals surface area contributed by atoms with Crippen molar-refractivity contribution in [2.24, 2.45) is 5.92 Å². The molecule has 2 heterocycles. The van der Waals surface area contributed by atoms with E-state index < -0.39 is 0 Å². The van der Waals surface area contributed by atoms with Gasteiger partial charge < -0.3 is 4.98 Å². The Hall–Kier alpha value is -2.40. The van der Waals surface area contributed by atoms with E-state index in [9.17, 15) is 4.79 Å². The average molecular weight is 313 g/mol. The zero-order chi connectivity index (χ0) is 15.1. The highest BCUT2D eigenvalue weighted by Gasteiger charge is 2.44. The molecule has 6 heteroatoms. The molecule has 110 valence electrons. The van der Waals surface area contributed by atoms with Crippen molar-refractivity contribution in [1.82, 2.24) is 15.0 Å². The standard InChI is InChI=1S/C16H13ClN4O/c17-10-5-3-9(4-6-10)11-8-12(11)15(22)21-16-19-13-2-1-7-18-14(13)20-16/h1-7,11-12H,8H2,(H2,18,19,20,21,22)/t11-,12-/m1/s1. The summed E-state index contributed by atoms with van der Waals surface area (Å²) >= 11 is 5.88. The van der Waals surface area contributed by atoms with Gasteiger partial charge in [0.15, 0.2) is 5.65 Å². The van der Waals surface area contributed by atoms with Crippen LogP contribution in [-0.4, -0.2) is 20.9 Å². The highest BCUT2D eigenvalue weighted by atomic mass is 35.5. The highest BCUT2D eigenvalue weighted by molar-refractivity contribution is 6.30. The van der Waals surface area contributed by atoms with E-state index in [1.165, 1.54) is 0 Å². The number of hydrogen-bond donors (Lipinski definition) is 2. The Bertz CT molecular complexity index is 810. The van der Waals surface area contributed by atoms with Crippen molar-refractivity contribution in [1.29, 1.82) is 0 Å². The maximum Gasteiger partial charge on any atom is 0.230 e. The zero-order valence-electron chi connectivity index (χ0n) is 11.6. The number of imidazole rings is 1. The predicted octanol–water partition coefficient (Wildman–Crippen LogP) is 3.35. The van der Waals surface area contributed by atoms with Gasteiger partial charge in [0.25, 0.3) is 0 Å². The molecule has 0 aliphatic heterocycles. The van der Waals surface area contributed by atoms with E-state index in [0.29, 0.717) is 16.6 Å². The Kier molecular flexibility index (Phi) is 3.08. The van der Waals surface area contributed by atoms with Crippen LogP contribution in [0.1, 0.15) is 17.9 Å². The van der Waals surface area contributed by atoms with E-state index in [0.717, 1.165) is 17.5 Å². The number of H-pyrrole nitrogens is 1. The summed E-state index contributed by atoms with van der Waals surface area (Å²) in [5.74, 6) is 0.682. The summed E-state index contributed by atoms with van der Waals surface area (Å²) in [6.07, 6.45) is 2.53. The lowest BCUT2D eigenvalue weighted by molar-refractivity contribution is -0.117. The molecule has 1 aliphatic carbocycles. The molecule has 2 N–H and O–H groups in total. The Morgan fingerprint density at radius 2 is 2.09 bits per heavy atom. The largest absolute Gasteiger partial charge is 0.322 e. The minimum Gasteiger partial charge on any atom is -0.322 e. The first-order valence-electron chi connectivity index (χ1n) is 7.08. The van der Waals surface area contributed by atoms with E-state index in [1.54, 1.807) is 6.20 Å². The topological polar surface area (TPSA) is 70.7 Å². The van der Waals surface area contributed by atoms with Gasteiger partial charge in [0.2, 0.25) is 11.9 Å². The molecule has 3 aromatic rings. The van der Waals surface area contributed by atoms with Gasteiger partial charge in [0.1, 0.15) is 0 Å². The molecule has 0 saturated heterocycles. The lowest BCUT2D eigenvalue weighted by Gasteiger charge is -2.02. The lowest BCUT2D eigenvalue weighted by Crippen LogP contribution is -2.15. The number of fused-ring (bicyclic) bond motifs is 1. The van der Waals surface area contributed by atoms with Crippen molar-refractivity contribution < 1.29 is 4.79 Å². The number of aromatic nitrogens is 3. The van der Waals surface area contributed by atoms with Crippen LogP contribution in [0.4, 0.5) is 5.95 Å². The molecule has 0 unspecified atom stereocenters. The van der Waals surface area contributed by atoms with Crippen LogP contribution in [0, 0.1) is 5.92 Å². The van der Waals surface area contributed by atoms with Crippen molar-refractivity contribution in [3.63, 3.8) is 0 Å². The van der Waals surface area contributed by atoms with Crippen molar-refractivity contribution >= 4 is 34.6 Å². The fourth-order valence-electron chi connectivity index (χ4n) is 2.68. The van der Waals surface area contributed by atoms with Gasteiger partial charge in [-0.05, 0) is 42.2 Å². The Balaban J connectivity index is 1.46. The number of pyridine rings is 1. The van der Waals surface area contributed by atoms with Crippen LogP contribution in [0.3, 0.4) is 0 Å². The molecule has 1 amide bonds. The highest BCUT2D eigenvalue weighted by Crippen LogP contribution is 2.48. The number of benzene rings is 1. The smallest absolute Gasteiger partial charge is 0.230 e. The fraction of sp³-hybridized carbons (Fsp3) is 0.188. The van der Waals surface area contributed by atoms with E-state index in [4.69, 9.17) is 11.6 Å². The third-order valence-corrected chi connectivity index (χ3v) is 4.18. The fourth-order valence-corrected chi connectivity index (χ4v) is 2.80. The van der Waals surface area contributed by atoms with Crippen LogP contribution in [0.15, 0.2) is 42.6 Å². The molecule has 0 bridgehead atoms. The maximum atomic E-state index is 12.3. The van der Waals surface area contributed by atoms with Crippen LogP contribution in [0.2, 0.25) is 5.02 Å². The first-order chi connectivity index (χ1) is 10.7. The van der Waals surface area contributed by atoms with Crippen molar-refractivity contribution in [3.05, 3.63) is 53.2 Å². The number of nitrogens with zero attached hydrogens (tertiary/aromatic N) is 2. The van der Waals surface area contributed by atoms with Crippen molar-refractivity contribution in [3.8, 4) is 0 Å². The normalized spacial score (nSPS) is 20.0. The van der Waals surface area contributed by atoms with E-state index in [2.05, 4.69) is 20.3 Å². The van der Waals surface area contributed by atoms with Gasteiger partial charge in [-0.2, -0.15) is 4.98 Å². The summed E-state index contributed by atoms with van der Waals surface area (Å²) in [4.78, 5) is 23.7. The van der Waals surface area contributed by atoms with Gasteiger partial charge in [-0.15, -0.1) is 0 Å². The molecule has 2 atom stereocenters. The second-order valence-electron chi connectivity index (χ2n) is 5.45. The molecule has 2 aromatic heterocycles. The molecule has 1 saturated carbocycles. The minimum absolute atomic E-state index is 0.0117. The number of amides is 1. The number of rotatable bonds is 3. The Labute approximate surface area is 131 Å². The lowest BCUT2D eigenvalue weighted by atomic mass is 10.1. The molecule has 1 fully saturated rings. The summed E-state index contributed by atoms with van der Waals surface area (Å²) in [5.41, 5.74) is 2.56.